The highest BCUT2D eigenvalue weighted by atomic mass is 15.2. The molecule has 0 aliphatic carbocycles. The molecule has 2 aromatic rings. The van der Waals surface area contributed by atoms with E-state index in [2.05, 4.69) is 22.0 Å². The summed E-state index contributed by atoms with van der Waals surface area (Å²) >= 11 is 0. The van der Waals surface area contributed by atoms with Gasteiger partial charge >= 0.3 is 0 Å². The third kappa shape index (κ3) is 3.53. The van der Waals surface area contributed by atoms with Gasteiger partial charge in [-0.1, -0.05) is 6.58 Å². The van der Waals surface area contributed by atoms with E-state index >= 15 is 0 Å². The van der Waals surface area contributed by atoms with E-state index in [4.69, 9.17) is 0 Å². The summed E-state index contributed by atoms with van der Waals surface area (Å²) in [4.78, 5) is 3.99. The van der Waals surface area contributed by atoms with E-state index in [-0.39, 0.29) is 0 Å². The normalized spacial score (nSPS) is 10.4. The summed E-state index contributed by atoms with van der Waals surface area (Å²) in [5.41, 5.74) is 2.47. The van der Waals surface area contributed by atoms with Crippen LogP contribution in [-0.2, 0) is 13.0 Å². The van der Waals surface area contributed by atoms with Crippen LogP contribution in [0.2, 0.25) is 0 Å². The van der Waals surface area contributed by atoms with Crippen LogP contribution in [0.15, 0.2) is 43.5 Å². The lowest BCUT2D eigenvalue weighted by molar-refractivity contribution is 0.686. The van der Waals surface area contributed by atoms with Gasteiger partial charge in [0.2, 0.25) is 0 Å². The van der Waals surface area contributed by atoms with Gasteiger partial charge in [0.05, 0.1) is 6.20 Å². The zero-order chi connectivity index (χ0) is 11.9. The summed E-state index contributed by atoms with van der Waals surface area (Å²) in [6.07, 6.45) is 10.2. The Morgan fingerprint density at radius 1 is 1.29 bits per heavy atom. The molecule has 4 heteroatoms. The van der Waals surface area contributed by atoms with Crippen LogP contribution in [0.4, 0.5) is 0 Å². The second-order valence-electron chi connectivity index (χ2n) is 3.79. The van der Waals surface area contributed by atoms with Crippen molar-refractivity contribution in [3.63, 3.8) is 0 Å². The van der Waals surface area contributed by atoms with E-state index in [9.17, 15) is 0 Å². The van der Waals surface area contributed by atoms with Gasteiger partial charge in [-0.25, -0.2) is 4.68 Å². The molecule has 0 saturated carbocycles. The molecule has 0 unspecified atom stereocenters. The molecule has 4 nitrogen and oxygen atoms in total. The van der Waals surface area contributed by atoms with Crippen molar-refractivity contribution in [3.05, 3.63) is 54.6 Å². The van der Waals surface area contributed by atoms with Crippen molar-refractivity contribution in [1.82, 2.24) is 20.1 Å². The number of aromatic nitrogens is 3. The predicted octanol–water partition coefficient (Wildman–Crippen LogP) is 1.71. The van der Waals surface area contributed by atoms with Gasteiger partial charge < -0.3 is 5.32 Å². The van der Waals surface area contributed by atoms with Crippen LogP contribution in [0, 0.1) is 0 Å². The topological polar surface area (TPSA) is 42.7 Å². The van der Waals surface area contributed by atoms with Crippen molar-refractivity contribution in [1.29, 1.82) is 0 Å². The Bertz CT molecular complexity index is 461. The SMILES string of the molecule is C=Cn1cc(CNCCc2ccncc2)cn1. The third-order valence-electron chi connectivity index (χ3n) is 2.51. The maximum Gasteiger partial charge on any atom is 0.0538 e. The molecule has 0 aliphatic rings. The minimum atomic E-state index is 0.832. The Hall–Kier alpha value is -1.94. The van der Waals surface area contributed by atoms with Crippen LogP contribution in [-0.4, -0.2) is 21.3 Å². The van der Waals surface area contributed by atoms with Crippen molar-refractivity contribution >= 4 is 6.20 Å². The molecule has 0 bridgehead atoms. The molecular weight excluding hydrogens is 212 g/mol. The molecule has 0 spiro atoms. The molecule has 0 radical (unpaired) electrons. The molecule has 0 aromatic carbocycles. The summed E-state index contributed by atoms with van der Waals surface area (Å²) in [5.74, 6) is 0. The number of pyridine rings is 1. The fourth-order valence-electron chi connectivity index (χ4n) is 1.58. The first-order valence-electron chi connectivity index (χ1n) is 5.63. The van der Waals surface area contributed by atoms with Gasteiger partial charge in [0.25, 0.3) is 0 Å². The number of rotatable bonds is 6. The Labute approximate surface area is 101 Å². The minimum Gasteiger partial charge on any atom is -0.312 e. The van der Waals surface area contributed by atoms with Crippen molar-refractivity contribution < 1.29 is 0 Å². The van der Waals surface area contributed by atoms with Crippen LogP contribution in [0.25, 0.3) is 6.20 Å². The lowest BCUT2D eigenvalue weighted by Crippen LogP contribution is -2.16. The van der Waals surface area contributed by atoms with Crippen molar-refractivity contribution in [2.75, 3.05) is 6.54 Å². The molecule has 88 valence electrons. The van der Waals surface area contributed by atoms with E-state index in [0.29, 0.717) is 0 Å². The summed E-state index contributed by atoms with van der Waals surface area (Å²) in [6.45, 7) is 5.43. The maximum atomic E-state index is 4.12. The van der Waals surface area contributed by atoms with Gasteiger partial charge in [-0.05, 0) is 30.7 Å². The zero-order valence-corrected chi connectivity index (χ0v) is 9.71. The number of hydrogen-bond donors (Lipinski definition) is 1. The van der Waals surface area contributed by atoms with Crippen molar-refractivity contribution in [2.45, 2.75) is 13.0 Å². The molecule has 0 aliphatic heterocycles. The number of hydrogen-bond acceptors (Lipinski definition) is 3. The Balaban J connectivity index is 1.71. The smallest absolute Gasteiger partial charge is 0.0538 e. The van der Waals surface area contributed by atoms with Crippen molar-refractivity contribution in [2.24, 2.45) is 0 Å². The van der Waals surface area contributed by atoms with Gasteiger partial charge in [-0.3, -0.25) is 4.98 Å². The van der Waals surface area contributed by atoms with E-state index in [1.807, 2.05) is 36.9 Å². The zero-order valence-electron chi connectivity index (χ0n) is 9.71. The molecule has 2 heterocycles. The van der Waals surface area contributed by atoms with Gasteiger partial charge in [-0.2, -0.15) is 5.10 Å². The Morgan fingerprint density at radius 2 is 2.12 bits per heavy atom. The lowest BCUT2D eigenvalue weighted by Gasteiger charge is -2.02. The van der Waals surface area contributed by atoms with Gasteiger partial charge in [0, 0.05) is 36.9 Å². The second-order valence-corrected chi connectivity index (χ2v) is 3.79. The largest absolute Gasteiger partial charge is 0.312 e. The highest BCUT2D eigenvalue weighted by Crippen LogP contribution is 1.99. The van der Waals surface area contributed by atoms with E-state index in [1.165, 1.54) is 11.1 Å². The number of nitrogens with one attached hydrogen (secondary N) is 1. The maximum absolute atomic E-state index is 4.12. The fraction of sp³-hybridized carbons (Fsp3) is 0.231. The van der Waals surface area contributed by atoms with E-state index in [0.717, 1.165) is 19.5 Å². The Kier molecular flexibility index (Phi) is 4.05. The van der Waals surface area contributed by atoms with Crippen LogP contribution in [0.1, 0.15) is 11.1 Å². The van der Waals surface area contributed by atoms with Crippen LogP contribution < -0.4 is 5.32 Å². The predicted molar refractivity (Wildman–Crippen MR) is 68.3 cm³/mol. The molecule has 1 N–H and O–H groups in total. The summed E-state index contributed by atoms with van der Waals surface area (Å²) in [6, 6.07) is 4.08. The molecule has 0 saturated heterocycles. The average molecular weight is 228 g/mol. The Morgan fingerprint density at radius 3 is 2.82 bits per heavy atom. The molecular formula is C13H16N4. The molecule has 0 atom stereocenters. The molecule has 2 aromatic heterocycles. The lowest BCUT2D eigenvalue weighted by atomic mass is 10.2. The quantitative estimate of drug-likeness (QED) is 0.765. The van der Waals surface area contributed by atoms with Gasteiger partial charge in [-0.15, -0.1) is 0 Å². The third-order valence-corrected chi connectivity index (χ3v) is 2.51. The van der Waals surface area contributed by atoms with Crippen LogP contribution in [0.5, 0.6) is 0 Å². The first kappa shape index (κ1) is 11.5. The van der Waals surface area contributed by atoms with E-state index in [1.54, 1.807) is 10.9 Å². The summed E-state index contributed by atoms with van der Waals surface area (Å²) < 4.78 is 1.71. The van der Waals surface area contributed by atoms with Crippen LogP contribution >= 0.6 is 0 Å². The van der Waals surface area contributed by atoms with Gasteiger partial charge in [0.15, 0.2) is 0 Å². The summed E-state index contributed by atoms with van der Waals surface area (Å²) in [5, 5.41) is 7.50. The number of nitrogens with zero attached hydrogens (tertiary/aromatic N) is 3. The average Bonchev–Trinajstić information content (AvgIpc) is 2.84. The highest BCUT2D eigenvalue weighted by Gasteiger charge is 1.96. The monoisotopic (exact) mass is 228 g/mol. The first-order valence-corrected chi connectivity index (χ1v) is 5.63. The molecule has 0 fully saturated rings. The van der Waals surface area contributed by atoms with E-state index < -0.39 is 0 Å². The minimum absolute atomic E-state index is 0.832. The molecule has 2 rings (SSSR count). The fourth-order valence-corrected chi connectivity index (χ4v) is 1.58. The van der Waals surface area contributed by atoms with Gasteiger partial charge in [0.1, 0.15) is 0 Å². The van der Waals surface area contributed by atoms with Crippen LogP contribution in [0.3, 0.4) is 0 Å². The highest BCUT2D eigenvalue weighted by molar-refractivity contribution is 5.17. The van der Waals surface area contributed by atoms with Crippen molar-refractivity contribution in [3.8, 4) is 0 Å². The summed E-state index contributed by atoms with van der Waals surface area (Å²) in [7, 11) is 0. The second kappa shape index (κ2) is 5.96. The first-order chi connectivity index (χ1) is 8.38. The molecule has 17 heavy (non-hydrogen) atoms. The standard InChI is InChI=1S/C13H16N4/c1-2-17-11-13(10-16-17)9-15-8-5-12-3-6-14-7-4-12/h2-4,6-7,10-11,15H,1,5,8-9H2. The molecule has 0 amide bonds.